The number of furan rings is 1. The smallest absolute Gasteiger partial charge is 0.135 e. The molecule has 0 saturated carbocycles. The third-order valence-electron chi connectivity index (χ3n) is 5.31. The summed E-state index contributed by atoms with van der Waals surface area (Å²) in [6.07, 6.45) is 1.49. The number of benzene rings is 3. The molecule has 0 amide bonds. The normalized spacial score (nSPS) is 12.5. The maximum Gasteiger partial charge on any atom is 0.135 e. The van der Waals surface area contributed by atoms with Crippen LogP contribution in [0.3, 0.4) is 0 Å². The number of nitrogens with zero attached hydrogens (tertiary/aromatic N) is 1. The fraction of sp³-hybridized carbons (Fsp3) is 0.0800. The van der Waals surface area contributed by atoms with E-state index in [1.54, 1.807) is 0 Å². The van der Waals surface area contributed by atoms with Gasteiger partial charge in [0.05, 0.1) is 5.69 Å². The molecule has 0 aliphatic rings. The van der Waals surface area contributed by atoms with Crippen molar-refractivity contribution in [3.63, 3.8) is 0 Å². The Hall–Kier alpha value is -3.46. The van der Waals surface area contributed by atoms with Gasteiger partial charge in [-0.1, -0.05) is 49.4 Å². The van der Waals surface area contributed by atoms with Crippen LogP contribution < -0.4 is 0 Å². The molecule has 0 N–H and O–H groups in total. The van der Waals surface area contributed by atoms with Gasteiger partial charge in [0, 0.05) is 34.5 Å². The first kappa shape index (κ1) is 16.7. The Balaban J connectivity index is 1.74. The van der Waals surface area contributed by atoms with E-state index in [1.807, 2.05) is 36.4 Å². The number of halogens is 1. The van der Waals surface area contributed by atoms with E-state index in [0.29, 0.717) is 5.69 Å². The quantitative estimate of drug-likeness (QED) is 0.345. The summed E-state index contributed by atoms with van der Waals surface area (Å²) in [5.41, 5.74) is 5.64. The number of hydrogen-bond donors (Lipinski definition) is 0. The highest BCUT2D eigenvalue weighted by molar-refractivity contribution is 6.08. The summed E-state index contributed by atoms with van der Waals surface area (Å²) in [4.78, 5) is 4.32. The summed E-state index contributed by atoms with van der Waals surface area (Å²) in [6, 6.07) is 25.4. The Morgan fingerprint density at radius 1 is 0.857 bits per heavy atom. The highest BCUT2D eigenvalue weighted by atomic mass is 19.1. The van der Waals surface area contributed by atoms with Crippen LogP contribution in [0.4, 0.5) is 4.39 Å². The minimum atomic E-state index is -0.291. The van der Waals surface area contributed by atoms with Crippen molar-refractivity contribution in [2.45, 2.75) is 12.8 Å². The van der Waals surface area contributed by atoms with Crippen molar-refractivity contribution < 1.29 is 8.81 Å². The van der Waals surface area contributed by atoms with E-state index in [-0.39, 0.29) is 11.7 Å². The van der Waals surface area contributed by atoms with Gasteiger partial charge in [0.15, 0.2) is 0 Å². The molecular formula is C25H18FNO. The predicted molar refractivity (Wildman–Crippen MR) is 111 cm³/mol. The molecule has 1 unspecified atom stereocenters. The molecule has 0 spiro atoms. The fourth-order valence-corrected chi connectivity index (χ4v) is 3.86. The van der Waals surface area contributed by atoms with Crippen molar-refractivity contribution >= 4 is 21.9 Å². The summed E-state index contributed by atoms with van der Waals surface area (Å²) in [7, 11) is 0. The molecule has 5 rings (SSSR count). The molecule has 1 atom stereocenters. The minimum Gasteiger partial charge on any atom is -0.456 e. The molecule has 5 aromatic rings. The number of pyridine rings is 1. The fourth-order valence-electron chi connectivity index (χ4n) is 3.86. The average Bonchev–Trinajstić information content (AvgIpc) is 3.12. The summed E-state index contributed by atoms with van der Waals surface area (Å²) in [5, 5.41) is 2.13. The Kier molecular flexibility index (Phi) is 3.94. The van der Waals surface area contributed by atoms with Crippen molar-refractivity contribution in [3.05, 3.63) is 102 Å². The van der Waals surface area contributed by atoms with Gasteiger partial charge >= 0.3 is 0 Å². The molecule has 0 fully saturated rings. The molecule has 0 aliphatic carbocycles. The third-order valence-corrected chi connectivity index (χ3v) is 5.31. The zero-order valence-corrected chi connectivity index (χ0v) is 15.4. The summed E-state index contributed by atoms with van der Waals surface area (Å²) in [5.74, 6) is -0.0674. The molecular weight excluding hydrogens is 349 g/mol. The highest BCUT2D eigenvalue weighted by Gasteiger charge is 2.17. The first-order valence-electron chi connectivity index (χ1n) is 9.33. The Morgan fingerprint density at radius 2 is 1.71 bits per heavy atom. The number of hydrogen-bond acceptors (Lipinski definition) is 2. The Morgan fingerprint density at radius 3 is 2.54 bits per heavy atom. The van der Waals surface area contributed by atoms with Crippen LogP contribution in [0.25, 0.3) is 33.2 Å². The molecule has 2 heterocycles. The van der Waals surface area contributed by atoms with Crippen LogP contribution in [-0.2, 0) is 0 Å². The molecule has 0 aliphatic heterocycles. The largest absolute Gasteiger partial charge is 0.456 e. The van der Waals surface area contributed by atoms with Gasteiger partial charge < -0.3 is 4.42 Å². The van der Waals surface area contributed by atoms with Gasteiger partial charge in [-0.2, -0.15) is 0 Å². The lowest BCUT2D eigenvalue weighted by Crippen LogP contribution is -1.96. The van der Waals surface area contributed by atoms with Crippen molar-refractivity contribution in [3.8, 4) is 11.3 Å². The topological polar surface area (TPSA) is 26.0 Å². The first-order valence-corrected chi connectivity index (χ1v) is 9.33. The average molecular weight is 367 g/mol. The highest BCUT2D eigenvalue weighted by Crippen LogP contribution is 2.38. The predicted octanol–water partition coefficient (Wildman–Crippen LogP) is 6.94. The van der Waals surface area contributed by atoms with E-state index in [4.69, 9.17) is 4.42 Å². The molecule has 3 heteroatoms. The van der Waals surface area contributed by atoms with Crippen LogP contribution in [0, 0.1) is 5.82 Å². The van der Waals surface area contributed by atoms with Crippen molar-refractivity contribution in [1.82, 2.24) is 4.98 Å². The lowest BCUT2D eigenvalue weighted by atomic mass is 9.90. The van der Waals surface area contributed by atoms with Gasteiger partial charge in [-0.25, -0.2) is 4.39 Å². The molecule has 2 nitrogen and oxygen atoms in total. The summed E-state index contributed by atoms with van der Waals surface area (Å²) in [6.45, 7) is 2.21. The van der Waals surface area contributed by atoms with Crippen molar-refractivity contribution in [1.29, 1.82) is 0 Å². The van der Waals surface area contributed by atoms with Gasteiger partial charge in [0.2, 0.25) is 0 Å². The third kappa shape index (κ3) is 2.76. The Bertz CT molecular complexity index is 1290. The molecule has 3 aromatic carbocycles. The molecule has 0 radical (unpaired) electrons. The SMILES string of the molecule is CC(c1ccccc1)c1cccc2oc3ccc(-c4cc(F)ccn4)cc3c12. The number of aromatic nitrogens is 1. The molecule has 28 heavy (non-hydrogen) atoms. The Labute approximate surface area is 162 Å². The van der Waals surface area contributed by atoms with Gasteiger partial charge in [-0.15, -0.1) is 0 Å². The maximum absolute atomic E-state index is 13.7. The van der Waals surface area contributed by atoms with E-state index < -0.39 is 0 Å². The first-order chi connectivity index (χ1) is 13.7. The van der Waals surface area contributed by atoms with E-state index >= 15 is 0 Å². The summed E-state index contributed by atoms with van der Waals surface area (Å²) < 4.78 is 19.8. The number of rotatable bonds is 3. The minimum absolute atomic E-state index is 0.224. The van der Waals surface area contributed by atoms with Crippen molar-refractivity contribution in [2.24, 2.45) is 0 Å². The number of fused-ring (bicyclic) bond motifs is 3. The van der Waals surface area contributed by atoms with Crippen LogP contribution in [0.15, 0.2) is 89.5 Å². The van der Waals surface area contributed by atoms with Crippen LogP contribution in [0.1, 0.15) is 24.0 Å². The summed E-state index contributed by atoms with van der Waals surface area (Å²) >= 11 is 0. The second kappa shape index (κ2) is 6.61. The molecule has 0 bridgehead atoms. The van der Waals surface area contributed by atoms with E-state index in [0.717, 1.165) is 27.5 Å². The van der Waals surface area contributed by atoms with Crippen LogP contribution in [0.5, 0.6) is 0 Å². The van der Waals surface area contributed by atoms with Gasteiger partial charge in [-0.3, -0.25) is 4.98 Å². The standard InChI is InChI=1S/C25H18FNO/c1-16(17-6-3-2-4-7-17)20-8-5-9-24-25(20)21-14-18(10-11-23(21)28-24)22-15-19(26)12-13-27-22/h2-16H,1H3. The van der Waals surface area contributed by atoms with Crippen LogP contribution in [0.2, 0.25) is 0 Å². The lowest BCUT2D eigenvalue weighted by Gasteiger charge is -2.13. The van der Waals surface area contributed by atoms with Gasteiger partial charge in [0.25, 0.3) is 0 Å². The van der Waals surface area contributed by atoms with E-state index in [2.05, 4.69) is 42.2 Å². The van der Waals surface area contributed by atoms with Crippen LogP contribution in [-0.4, -0.2) is 4.98 Å². The zero-order valence-electron chi connectivity index (χ0n) is 15.4. The maximum atomic E-state index is 13.7. The lowest BCUT2D eigenvalue weighted by molar-refractivity contribution is 0.626. The molecule has 0 saturated heterocycles. The second-order valence-corrected chi connectivity index (χ2v) is 7.03. The second-order valence-electron chi connectivity index (χ2n) is 7.03. The van der Waals surface area contributed by atoms with E-state index in [9.17, 15) is 4.39 Å². The zero-order chi connectivity index (χ0) is 19.1. The monoisotopic (exact) mass is 367 g/mol. The van der Waals surface area contributed by atoms with Gasteiger partial charge in [0.1, 0.15) is 17.0 Å². The molecule has 2 aromatic heterocycles. The van der Waals surface area contributed by atoms with Crippen LogP contribution >= 0.6 is 0 Å². The van der Waals surface area contributed by atoms with Crippen molar-refractivity contribution in [2.75, 3.05) is 0 Å². The van der Waals surface area contributed by atoms with E-state index in [1.165, 1.54) is 29.5 Å². The van der Waals surface area contributed by atoms with Gasteiger partial charge in [-0.05, 0) is 41.5 Å². The molecule has 136 valence electrons.